The number of anilines is 1. The van der Waals surface area contributed by atoms with Crippen LogP contribution in [0, 0.1) is 0 Å². The number of hydrogen-bond donors (Lipinski definition) is 3. The van der Waals surface area contributed by atoms with Crippen molar-refractivity contribution in [1.29, 1.82) is 0 Å². The van der Waals surface area contributed by atoms with Crippen LogP contribution in [-0.4, -0.2) is 46.0 Å². The fourth-order valence-electron chi connectivity index (χ4n) is 1.00. The first-order valence-electron chi connectivity index (χ1n) is 4.73. The van der Waals surface area contributed by atoms with E-state index < -0.39 is 6.04 Å². The highest BCUT2D eigenvalue weighted by Crippen LogP contribution is 2.11. The summed E-state index contributed by atoms with van der Waals surface area (Å²) in [4.78, 5) is 7.82. The van der Waals surface area contributed by atoms with Crippen molar-refractivity contribution in [3.05, 3.63) is 12.4 Å². The minimum Gasteiger partial charge on any atom is -0.478 e. The second-order valence-electron chi connectivity index (χ2n) is 2.88. The molecule has 0 aliphatic heterocycles. The molecule has 6 heteroatoms. The van der Waals surface area contributed by atoms with Gasteiger partial charge in [-0.2, -0.15) is 0 Å². The van der Waals surface area contributed by atoms with Crippen molar-refractivity contribution in [1.82, 2.24) is 9.97 Å². The van der Waals surface area contributed by atoms with E-state index in [9.17, 15) is 0 Å². The van der Waals surface area contributed by atoms with Crippen LogP contribution in [0.4, 0.5) is 5.82 Å². The number of aliphatic hydroxyl groups is 2. The Morgan fingerprint density at radius 1 is 1.40 bits per heavy atom. The van der Waals surface area contributed by atoms with Gasteiger partial charge in [0.25, 0.3) is 0 Å². The molecule has 3 N–H and O–H groups in total. The first kappa shape index (κ1) is 11.7. The van der Waals surface area contributed by atoms with E-state index in [0.717, 1.165) is 0 Å². The van der Waals surface area contributed by atoms with Gasteiger partial charge >= 0.3 is 0 Å². The van der Waals surface area contributed by atoms with E-state index in [2.05, 4.69) is 15.3 Å². The van der Waals surface area contributed by atoms with Crippen molar-refractivity contribution < 1.29 is 14.9 Å². The Labute approximate surface area is 87.9 Å². The van der Waals surface area contributed by atoms with Crippen molar-refractivity contribution in [3.8, 4) is 5.88 Å². The maximum atomic E-state index is 8.86. The average Bonchev–Trinajstić information content (AvgIpc) is 2.27. The number of nitrogens with one attached hydrogen (secondary N) is 1. The van der Waals surface area contributed by atoms with Gasteiger partial charge in [0, 0.05) is 6.07 Å². The van der Waals surface area contributed by atoms with Crippen LogP contribution in [0.5, 0.6) is 5.88 Å². The lowest BCUT2D eigenvalue weighted by Gasteiger charge is -2.13. The van der Waals surface area contributed by atoms with Crippen molar-refractivity contribution >= 4 is 5.82 Å². The lowest BCUT2D eigenvalue weighted by Crippen LogP contribution is -2.28. The van der Waals surface area contributed by atoms with Crippen molar-refractivity contribution in [2.75, 3.05) is 25.1 Å². The van der Waals surface area contributed by atoms with Gasteiger partial charge in [-0.05, 0) is 6.92 Å². The highest BCUT2D eigenvalue weighted by atomic mass is 16.5. The average molecular weight is 213 g/mol. The molecule has 1 aromatic rings. The maximum absolute atomic E-state index is 8.86. The Balaban J connectivity index is 2.64. The first-order chi connectivity index (χ1) is 7.30. The molecular weight excluding hydrogens is 198 g/mol. The fraction of sp³-hybridized carbons (Fsp3) is 0.556. The molecule has 1 rings (SSSR count). The molecule has 6 nitrogen and oxygen atoms in total. The molecule has 1 aromatic heterocycles. The van der Waals surface area contributed by atoms with Crippen LogP contribution in [0.1, 0.15) is 6.92 Å². The van der Waals surface area contributed by atoms with Crippen molar-refractivity contribution in [2.45, 2.75) is 13.0 Å². The van der Waals surface area contributed by atoms with Gasteiger partial charge in [-0.3, -0.25) is 0 Å². The standard InChI is InChI=1S/C9H15N3O3/c1-2-15-9-3-8(10-6-11-9)12-7(4-13)5-14/h3,6-7,13-14H,2,4-5H2,1H3,(H,10,11,12). The van der Waals surface area contributed by atoms with Crippen molar-refractivity contribution in [2.24, 2.45) is 0 Å². The number of aliphatic hydroxyl groups excluding tert-OH is 2. The number of nitrogens with zero attached hydrogens (tertiary/aromatic N) is 2. The Bertz CT molecular complexity index is 292. The SMILES string of the molecule is CCOc1cc(NC(CO)CO)ncn1. The molecule has 84 valence electrons. The summed E-state index contributed by atoms with van der Waals surface area (Å²) in [5.41, 5.74) is 0. The molecule has 1 heterocycles. The minimum atomic E-state index is -0.422. The molecule has 0 amide bonds. The van der Waals surface area contributed by atoms with Gasteiger partial charge in [0.2, 0.25) is 5.88 Å². The van der Waals surface area contributed by atoms with Crippen LogP contribution in [0.3, 0.4) is 0 Å². The molecule has 15 heavy (non-hydrogen) atoms. The summed E-state index contributed by atoms with van der Waals surface area (Å²) < 4.78 is 5.18. The molecule has 0 aromatic carbocycles. The molecule has 0 aliphatic rings. The van der Waals surface area contributed by atoms with E-state index in [1.54, 1.807) is 6.07 Å². The Morgan fingerprint density at radius 3 is 2.73 bits per heavy atom. The number of hydrogen-bond acceptors (Lipinski definition) is 6. The van der Waals surface area contributed by atoms with Crippen LogP contribution >= 0.6 is 0 Å². The summed E-state index contributed by atoms with van der Waals surface area (Å²) in [7, 11) is 0. The topological polar surface area (TPSA) is 87.5 Å². The predicted molar refractivity (Wildman–Crippen MR) is 54.8 cm³/mol. The number of ether oxygens (including phenoxy) is 1. The molecule has 0 unspecified atom stereocenters. The van der Waals surface area contributed by atoms with E-state index in [4.69, 9.17) is 14.9 Å². The largest absolute Gasteiger partial charge is 0.478 e. The second-order valence-corrected chi connectivity index (χ2v) is 2.88. The van der Waals surface area contributed by atoms with Gasteiger partial charge < -0.3 is 20.3 Å². The van der Waals surface area contributed by atoms with Gasteiger partial charge in [0.15, 0.2) is 0 Å². The van der Waals surface area contributed by atoms with Gasteiger partial charge in [0.05, 0.1) is 25.9 Å². The number of rotatable bonds is 6. The molecule has 0 radical (unpaired) electrons. The quantitative estimate of drug-likeness (QED) is 0.598. The summed E-state index contributed by atoms with van der Waals surface area (Å²) in [6.45, 7) is 2.06. The van der Waals surface area contributed by atoms with Gasteiger partial charge in [-0.25, -0.2) is 9.97 Å². The molecular formula is C9H15N3O3. The smallest absolute Gasteiger partial charge is 0.218 e. The van der Waals surface area contributed by atoms with E-state index in [0.29, 0.717) is 18.3 Å². The van der Waals surface area contributed by atoms with Crippen LogP contribution in [-0.2, 0) is 0 Å². The third-order valence-corrected chi connectivity index (χ3v) is 1.73. The van der Waals surface area contributed by atoms with Crippen molar-refractivity contribution in [3.63, 3.8) is 0 Å². The molecule has 0 fully saturated rings. The summed E-state index contributed by atoms with van der Waals surface area (Å²) >= 11 is 0. The van der Waals surface area contributed by atoms with Gasteiger partial charge in [0.1, 0.15) is 12.1 Å². The van der Waals surface area contributed by atoms with Crippen LogP contribution in [0.15, 0.2) is 12.4 Å². The van der Waals surface area contributed by atoms with Crippen LogP contribution in [0.25, 0.3) is 0 Å². The van der Waals surface area contributed by atoms with Gasteiger partial charge in [-0.15, -0.1) is 0 Å². The molecule has 0 atom stereocenters. The second kappa shape index (κ2) is 6.15. The zero-order chi connectivity index (χ0) is 11.1. The summed E-state index contributed by atoms with van der Waals surface area (Å²) in [6, 6.07) is 1.19. The molecule has 0 saturated carbocycles. The summed E-state index contributed by atoms with van der Waals surface area (Å²) in [6.07, 6.45) is 1.36. The third-order valence-electron chi connectivity index (χ3n) is 1.73. The first-order valence-corrected chi connectivity index (χ1v) is 4.73. The minimum absolute atomic E-state index is 0.162. The van der Waals surface area contributed by atoms with E-state index >= 15 is 0 Å². The van der Waals surface area contributed by atoms with E-state index in [1.807, 2.05) is 6.92 Å². The number of aromatic nitrogens is 2. The molecule has 0 bridgehead atoms. The maximum Gasteiger partial charge on any atom is 0.218 e. The zero-order valence-corrected chi connectivity index (χ0v) is 8.55. The monoisotopic (exact) mass is 213 g/mol. The Morgan fingerprint density at radius 2 is 2.13 bits per heavy atom. The molecule has 0 saturated heterocycles. The third kappa shape index (κ3) is 3.69. The summed E-state index contributed by atoms with van der Waals surface area (Å²) in [5.74, 6) is 0.978. The fourth-order valence-corrected chi connectivity index (χ4v) is 1.00. The van der Waals surface area contributed by atoms with Gasteiger partial charge in [-0.1, -0.05) is 0 Å². The normalized spacial score (nSPS) is 10.4. The Hall–Kier alpha value is -1.40. The molecule has 0 aliphatic carbocycles. The van der Waals surface area contributed by atoms with E-state index in [-0.39, 0.29) is 13.2 Å². The zero-order valence-electron chi connectivity index (χ0n) is 8.55. The van der Waals surface area contributed by atoms with Crippen LogP contribution < -0.4 is 10.1 Å². The summed E-state index contributed by atoms with van der Waals surface area (Å²) in [5, 5.41) is 20.6. The lowest BCUT2D eigenvalue weighted by molar-refractivity contribution is 0.203. The predicted octanol–water partition coefficient (Wildman–Crippen LogP) is -0.360. The van der Waals surface area contributed by atoms with E-state index in [1.165, 1.54) is 6.33 Å². The Kier molecular flexibility index (Phi) is 4.79. The highest BCUT2D eigenvalue weighted by Gasteiger charge is 2.06. The van der Waals surface area contributed by atoms with Crippen LogP contribution in [0.2, 0.25) is 0 Å². The lowest BCUT2D eigenvalue weighted by atomic mass is 10.3. The highest BCUT2D eigenvalue weighted by molar-refractivity contribution is 5.38. The molecule has 0 spiro atoms.